The highest BCUT2D eigenvalue weighted by Gasteiger charge is 2.23. The number of aryl methyl sites for hydroxylation is 1. The molecular formula is C15H20N2O2. The second-order valence-corrected chi connectivity index (χ2v) is 5.33. The van der Waals surface area contributed by atoms with Crippen LogP contribution in [0, 0.1) is 12.8 Å². The smallest absolute Gasteiger partial charge is 0.137 e. The fourth-order valence-electron chi connectivity index (χ4n) is 2.77. The van der Waals surface area contributed by atoms with E-state index in [0.717, 1.165) is 48.3 Å². The van der Waals surface area contributed by atoms with Crippen molar-refractivity contribution in [1.29, 1.82) is 0 Å². The van der Waals surface area contributed by atoms with Crippen molar-refractivity contribution in [1.82, 2.24) is 5.43 Å². The van der Waals surface area contributed by atoms with E-state index in [1.807, 2.05) is 6.07 Å². The lowest BCUT2D eigenvalue weighted by Gasteiger charge is -2.16. The number of nitrogens with one attached hydrogen (secondary N) is 1. The van der Waals surface area contributed by atoms with Crippen LogP contribution in [0.5, 0.6) is 0 Å². The second kappa shape index (κ2) is 5.33. The zero-order valence-electron chi connectivity index (χ0n) is 11.2. The minimum absolute atomic E-state index is 0.0542. The minimum atomic E-state index is 0.0542. The minimum Gasteiger partial charge on any atom is -0.459 e. The summed E-state index contributed by atoms with van der Waals surface area (Å²) in [5.74, 6) is 7.17. The molecule has 1 aliphatic heterocycles. The van der Waals surface area contributed by atoms with Crippen LogP contribution in [0.25, 0.3) is 11.0 Å². The molecule has 2 atom stereocenters. The van der Waals surface area contributed by atoms with E-state index in [1.165, 1.54) is 0 Å². The number of hydrogen-bond donors (Lipinski definition) is 2. The van der Waals surface area contributed by atoms with Crippen molar-refractivity contribution in [3.63, 3.8) is 0 Å². The van der Waals surface area contributed by atoms with Crippen LogP contribution in [0.15, 0.2) is 28.7 Å². The molecule has 0 radical (unpaired) electrons. The highest BCUT2D eigenvalue weighted by Crippen LogP contribution is 2.31. The molecule has 2 aromatic rings. The molecule has 1 aliphatic rings. The summed E-state index contributed by atoms with van der Waals surface area (Å²) in [6.07, 6.45) is 2.06. The van der Waals surface area contributed by atoms with Gasteiger partial charge in [0, 0.05) is 18.6 Å². The number of rotatable bonds is 4. The Hall–Kier alpha value is -1.36. The molecule has 2 heterocycles. The lowest BCUT2D eigenvalue weighted by molar-refractivity contribution is 0.180. The van der Waals surface area contributed by atoms with Crippen LogP contribution in [0.2, 0.25) is 0 Å². The lowest BCUT2D eigenvalue weighted by atomic mass is 9.98. The van der Waals surface area contributed by atoms with Gasteiger partial charge in [-0.3, -0.25) is 5.84 Å². The Balaban J connectivity index is 1.86. The van der Waals surface area contributed by atoms with Gasteiger partial charge >= 0.3 is 0 Å². The molecule has 0 amide bonds. The predicted molar refractivity (Wildman–Crippen MR) is 74.6 cm³/mol. The first-order chi connectivity index (χ1) is 9.28. The standard InChI is InChI=1S/C15H20N2O2/c1-10-3-2-4-12-8-14(19-15(10)12)13(17-16)7-11-5-6-18-9-11/h2-4,8,11,13,17H,5-7,9,16H2,1H3. The highest BCUT2D eigenvalue weighted by atomic mass is 16.5. The molecule has 3 rings (SSSR count). The second-order valence-electron chi connectivity index (χ2n) is 5.33. The van der Waals surface area contributed by atoms with Crippen molar-refractivity contribution >= 4 is 11.0 Å². The number of benzene rings is 1. The first-order valence-electron chi connectivity index (χ1n) is 6.81. The van der Waals surface area contributed by atoms with E-state index >= 15 is 0 Å². The van der Waals surface area contributed by atoms with Gasteiger partial charge in [0.1, 0.15) is 11.3 Å². The number of furan rings is 1. The van der Waals surface area contributed by atoms with Crippen LogP contribution in [0.4, 0.5) is 0 Å². The molecule has 0 saturated carbocycles. The summed E-state index contributed by atoms with van der Waals surface area (Å²) in [6, 6.07) is 8.32. The van der Waals surface area contributed by atoms with Gasteiger partial charge in [0.05, 0.1) is 6.04 Å². The first-order valence-corrected chi connectivity index (χ1v) is 6.81. The Kier molecular flexibility index (Phi) is 3.55. The molecule has 102 valence electrons. The Morgan fingerprint density at radius 2 is 2.37 bits per heavy atom. The van der Waals surface area contributed by atoms with Crippen LogP contribution >= 0.6 is 0 Å². The molecule has 3 N–H and O–H groups in total. The van der Waals surface area contributed by atoms with Crippen molar-refractivity contribution in [2.45, 2.75) is 25.8 Å². The van der Waals surface area contributed by atoms with Crippen LogP contribution < -0.4 is 11.3 Å². The van der Waals surface area contributed by atoms with Crippen molar-refractivity contribution in [2.24, 2.45) is 11.8 Å². The molecule has 4 nitrogen and oxygen atoms in total. The van der Waals surface area contributed by atoms with Crippen molar-refractivity contribution in [3.05, 3.63) is 35.6 Å². The average Bonchev–Trinajstić information content (AvgIpc) is 3.05. The van der Waals surface area contributed by atoms with Gasteiger partial charge in [-0.25, -0.2) is 5.43 Å². The third-order valence-corrected chi connectivity index (χ3v) is 3.90. The lowest BCUT2D eigenvalue weighted by Crippen LogP contribution is -2.29. The van der Waals surface area contributed by atoms with E-state index in [4.69, 9.17) is 15.0 Å². The summed E-state index contributed by atoms with van der Waals surface area (Å²) < 4.78 is 11.4. The van der Waals surface area contributed by atoms with E-state index in [0.29, 0.717) is 5.92 Å². The van der Waals surface area contributed by atoms with Gasteiger partial charge in [-0.05, 0) is 37.3 Å². The number of fused-ring (bicyclic) bond motifs is 1. The van der Waals surface area contributed by atoms with E-state index in [2.05, 4.69) is 30.5 Å². The maximum absolute atomic E-state index is 5.98. The number of ether oxygens (including phenoxy) is 1. The summed E-state index contributed by atoms with van der Waals surface area (Å²) >= 11 is 0. The largest absolute Gasteiger partial charge is 0.459 e. The van der Waals surface area contributed by atoms with Crippen LogP contribution in [-0.4, -0.2) is 13.2 Å². The molecule has 1 aromatic heterocycles. The number of hydrazine groups is 1. The van der Waals surface area contributed by atoms with Crippen molar-refractivity contribution < 1.29 is 9.15 Å². The SMILES string of the molecule is Cc1cccc2cc(C(CC3CCOC3)NN)oc12. The Labute approximate surface area is 112 Å². The predicted octanol–water partition coefficient (Wildman–Crippen LogP) is 2.67. The molecule has 1 saturated heterocycles. The van der Waals surface area contributed by atoms with Gasteiger partial charge in [0.2, 0.25) is 0 Å². The Morgan fingerprint density at radius 1 is 1.47 bits per heavy atom. The molecule has 1 fully saturated rings. The van der Waals surface area contributed by atoms with Gasteiger partial charge in [-0.15, -0.1) is 0 Å². The van der Waals surface area contributed by atoms with E-state index in [9.17, 15) is 0 Å². The maximum atomic E-state index is 5.98. The molecule has 2 unspecified atom stereocenters. The van der Waals surface area contributed by atoms with Gasteiger partial charge < -0.3 is 9.15 Å². The van der Waals surface area contributed by atoms with Crippen LogP contribution in [-0.2, 0) is 4.74 Å². The van der Waals surface area contributed by atoms with E-state index in [1.54, 1.807) is 0 Å². The molecule has 1 aromatic carbocycles. The zero-order valence-corrected chi connectivity index (χ0v) is 11.2. The fourth-order valence-corrected chi connectivity index (χ4v) is 2.77. The summed E-state index contributed by atoms with van der Waals surface area (Å²) in [7, 11) is 0. The van der Waals surface area contributed by atoms with Crippen molar-refractivity contribution in [3.8, 4) is 0 Å². The zero-order chi connectivity index (χ0) is 13.2. The Bertz CT molecular complexity index is 558. The molecule has 0 spiro atoms. The van der Waals surface area contributed by atoms with Crippen molar-refractivity contribution in [2.75, 3.05) is 13.2 Å². The third kappa shape index (κ3) is 2.52. The van der Waals surface area contributed by atoms with E-state index in [-0.39, 0.29) is 6.04 Å². The fraction of sp³-hybridized carbons (Fsp3) is 0.467. The van der Waals surface area contributed by atoms with Gasteiger partial charge in [0.25, 0.3) is 0 Å². The molecule has 0 bridgehead atoms. The summed E-state index contributed by atoms with van der Waals surface area (Å²) in [4.78, 5) is 0. The van der Waals surface area contributed by atoms with E-state index < -0.39 is 0 Å². The van der Waals surface area contributed by atoms with Gasteiger partial charge in [-0.2, -0.15) is 0 Å². The first kappa shape index (κ1) is 12.7. The maximum Gasteiger partial charge on any atom is 0.137 e. The Morgan fingerprint density at radius 3 is 3.05 bits per heavy atom. The molecular weight excluding hydrogens is 240 g/mol. The van der Waals surface area contributed by atoms with Gasteiger partial charge in [-0.1, -0.05) is 18.2 Å². The quantitative estimate of drug-likeness (QED) is 0.655. The topological polar surface area (TPSA) is 60.4 Å². The number of hydrogen-bond acceptors (Lipinski definition) is 4. The summed E-state index contributed by atoms with van der Waals surface area (Å²) in [6.45, 7) is 3.75. The van der Waals surface area contributed by atoms with Gasteiger partial charge in [0.15, 0.2) is 0 Å². The number of nitrogens with two attached hydrogens (primary N) is 1. The molecule has 0 aliphatic carbocycles. The summed E-state index contributed by atoms with van der Waals surface area (Å²) in [5.41, 5.74) is 4.99. The summed E-state index contributed by atoms with van der Waals surface area (Å²) in [5, 5.41) is 1.14. The molecule has 4 heteroatoms. The monoisotopic (exact) mass is 260 g/mol. The normalized spacial score (nSPS) is 21.1. The third-order valence-electron chi connectivity index (χ3n) is 3.90. The number of para-hydroxylation sites is 1. The van der Waals surface area contributed by atoms with Crippen LogP contribution in [0.3, 0.4) is 0 Å². The highest BCUT2D eigenvalue weighted by molar-refractivity contribution is 5.80. The molecule has 19 heavy (non-hydrogen) atoms. The van der Waals surface area contributed by atoms with Crippen LogP contribution in [0.1, 0.15) is 30.2 Å². The average molecular weight is 260 g/mol.